The van der Waals surface area contributed by atoms with E-state index in [9.17, 15) is 0 Å². The summed E-state index contributed by atoms with van der Waals surface area (Å²) in [5, 5.41) is 4.03. The maximum absolute atomic E-state index is 5.59. The fourth-order valence-electron chi connectivity index (χ4n) is 2.22. The molecule has 0 aromatic carbocycles. The Morgan fingerprint density at radius 1 is 1.53 bits per heavy atom. The van der Waals surface area contributed by atoms with Crippen molar-refractivity contribution in [2.75, 3.05) is 13.2 Å². The molecule has 3 unspecified atom stereocenters. The second kappa shape index (κ2) is 7.27. The summed E-state index contributed by atoms with van der Waals surface area (Å²) < 4.78 is 5.59. The number of hydrogen-bond donors (Lipinski definition) is 1. The van der Waals surface area contributed by atoms with Gasteiger partial charge < -0.3 is 10.1 Å². The molecule has 0 saturated carbocycles. The average molecular weight is 280 g/mol. The lowest BCUT2D eigenvalue weighted by atomic mass is 10.2. The van der Waals surface area contributed by atoms with Crippen LogP contribution >= 0.6 is 11.8 Å². The Morgan fingerprint density at radius 3 is 2.95 bits per heavy atom. The van der Waals surface area contributed by atoms with Crippen LogP contribution in [0.15, 0.2) is 23.2 Å². The van der Waals surface area contributed by atoms with Gasteiger partial charge >= 0.3 is 0 Å². The zero-order valence-electron chi connectivity index (χ0n) is 12.1. The maximum Gasteiger partial charge on any atom is 0.0669 e. The monoisotopic (exact) mass is 280 g/mol. The van der Waals surface area contributed by atoms with Crippen LogP contribution in [0.2, 0.25) is 0 Å². The smallest absolute Gasteiger partial charge is 0.0669 e. The van der Waals surface area contributed by atoms with Crippen LogP contribution in [0.25, 0.3) is 0 Å². The summed E-state index contributed by atoms with van der Waals surface area (Å²) in [6.07, 6.45) is 4.64. The molecule has 1 aliphatic heterocycles. The fraction of sp³-hybridized carbons (Fsp3) is 0.667. The Labute approximate surface area is 120 Å². The molecule has 3 nitrogen and oxygen atoms in total. The lowest BCUT2D eigenvalue weighted by Crippen LogP contribution is -2.20. The molecule has 0 aliphatic carbocycles. The number of aromatic nitrogens is 1. The number of thioether (sulfide) groups is 1. The van der Waals surface area contributed by atoms with Crippen molar-refractivity contribution in [3.8, 4) is 0 Å². The largest absolute Gasteiger partial charge is 0.377 e. The molecular formula is C15H24N2OS. The van der Waals surface area contributed by atoms with Crippen LogP contribution in [0, 0.1) is 0 Å². The number of ether oxygens (including phenoxy) is 1. The van der Waals surface area contributed by atoms with Crippen molar-refractivity contribution in [1.82, 2.24) is 10.3 Å². The number of nitrogens with zero attached hydrogens (tertiary/aromatic N) is 1. The zero-order chi connectivity index (χ0) is 13.7. The third-order valence-corrected chi connectivity index (χ3v) is 4.93. The van der Waals surface area contributed by atoms with Gasteiger partial charge in [-0.25, -0.2) is 0 Å². The van der Waals surface area contributed by atoms with Gasteiger partial charge in [0, 0.05) is 29.0 Å². The van der Waals surface area contributed by atoms with Gasteiger partial charge in [-0.1, -0.05) is 6.92 Å². The van der Waals surface area contributed by atoms with E-state index in [2.05, 4.69) is 43.2 Å². The summed E-state index contributed by atoms with van der Waals surface area (Å²) in [6.45, 7) is 8.43. The highest BCUT2D eigenvalue weighted by molar-refractivity contribution is 8.00. The van der Waals surface area contributed by atoms with Crippen LogP contribution in [0.4, 0.5) is 0 Å². The van der Waals surface area contributed by atoms with E-state index in [1.165, 1.54) is 4.90 Å². The Morgan fingerprint density at radius 2 is 2.37 bits per heavy atom. The minimum absolute atomic E-state index is 0.327. The second-order valence-electron chi connectivity index (χ2n) is 5.12. The summed E-state index contributed by atoms with van der Waals surface area (Å²) in [4.78, 5) is 5.82. The maximum atomic E-state index is 5.59. The normalized spacial score (nSPS) is 24.6. The number of rotatable bonds is 6. The minimum Gasteiger partial charge on any atom is -0.377 e. The van der Waals surface area contributed by atoms with Gasteiger partial charge in [0.05, 0.1) is 11.8 Å². The van der Waals surface area contributed by atoms with E-state index in [0.717, 1.165) is 31.7 Å². The van der Waals surface area contributed by atoms with Gasteiger partial charge in [0.1, 0.15) is 0 Å². The van der Waals surface area contributed by atoms with Gasteiger partial charge in [-0.15, -0.1) is 11.8 Å². The number of nitrogens with one attached hydrogen (secondary N) is 1. The third-order valence-electron chi connectivity index (χ3n) is 3.50. The van der Waals surface area contributed by atoms with Crippen molar-refractivity contribution in [3.05, 3.63) is 24.0 Å². The van der Waals surface area contributed by atoms with E-state index in [1.54, 1.807) is 0 Å². The van der Waals surface area contributed by atoms with Gasteiger partial charge in [0.15, 0.2) is 0 Å². The Kier molecular flexibility index (Phi) is 5.67. The van der Waals surface area contributed by atoms with Crippen LogP contribution in [-0.4, -0.2) is 29.5 Å². The molecular weight excluding hydrogens is 256 g/mol. The topological polar surface area (TPSA) is 34.1 Å². The van der Waals surface area contributed by atoms with Crippen LogP contribution in [-0.2, 0) is 4.74 Å². The molecule has 3 atom stereocenters. The molecule has 106 valence electrons. The predicted molar refractivity (Wildman–Crippen MR) is 80.6 cm³/mol. The fourth-order valence-corrected chi connectivity index (χ4v) is 3.32. The molecule has 1 aromatic heterocycles. The van der Waals surface area contributed by atoms with E-state index < -0.39 is 0 Å². The average Bonchev–Trinajstić information content (AvgIpc) is 2.82. The van der Waals surface area contributed by atoms with Crippen LogP contribution in [0.3, 0.4) is 0 Å². The van der Waals surface area contributed by atoms with Gasteiger partial charge in [-0.2, -0.15) is 0 Å². The first-order valence-corrected chi connectivity index (χ1v) is 8.06. The molecule has 1 aliphatic rings. The van der Waals surface area contributed by atoms with Crippen molar-refractivity contribution >= 4 is 11.8 Å². The molecule has 2 heterocycles. The summed E-state index contributed by atoms with van der Waals surface area (Å²) >= 11 is 1.89. The van der Waals surface area contributed by atoms with Crippen molar-refractivity contribution < 1.29 is 4.74 Å². The highest BCUT2D eigenvalue weighted by Gasteiger charge is 2.25. The Bertz CT molecular complexity index is 382. The molecule has 0 amide bonds. The minimum atomic E-state index is 0.327. The zero-order valence-corrected chi connectivity index (χ0v) is 12.9. The predicted octanol–water partition coefficient (Wildman–Crippen LogP) is 3.41. The van der Waals surface area contributed by atoms with E-state index in [4.69, 9.17) is 4.74 Å². The van der Waals surface area contributed by atoms with Crippen LogP contribution < -0.4 is 5.32 Å². The molecule has 0 spiro atoms. The van der Waals surface area contributed by atoms with E-state index in [1.807, 2.05) is 18.0 Å². The summed E-state index contributed by atoms with van der Waals surface area (Å²) in [5.74, 6) is 0. The SMILES string of the molecule is CCCNC(C)c1ccc(SC2CCOC2C)cn1. The van der Waals surface area contributed by atoms with Crippen molar-refractivity contribution in [1.29, 1.82) is 0 Å². The van der Waals surface area contributed by atoms with Gasteiger partial charge in [0.25, 0.3) is 0 Å². The summed E-state index contributed by atoms with van der Waals surface area (Å²) in [7, 11) is 0. The molecule has 0 bridgehead atoms. The molecule has 4 heteroatoms. The highest BCUT2D eigenvalue weighted by atomic mass is 32.2. The van der Waals surface area contributed by atoms with E-state index >= 15 is 0 Å². The third kappa shape index (κ3) is 4.20. The van der Waals surface area contributed by atoms with Crippen LogP contribution in [0.5, 0.6) is 0 Å². The van der Waals surface area contributed by atoms with Crippen molar-refractivity contribution in [3.63, 3.8) is 0 Å². The summed E-state index contributed by atoms with van der Waals surface area (Å²) in [5.41, 5.74) is 1.12. The van der Waals surface area contributed by atoms with Gasteiger partial charge in [-0.05, 0) is 45.4 Å². The number of pyridine rings is 1. The molecule has 1 saturated heterocycles. The highest BCUT2D eigenvalue weighted by Crippen LogP contribution is 2.32. The van der Waals surface area contributed by atoms with Crippen LogP contribution in [0.1, 0.15) is 45.3 Å². The molecule has 2 rings (SSSR count). The Balaban J connectivity index is 1.90. The Hall–Kier alpha value is -0.580. The first-order valence-electron chi connectivity index (χ1n) is 7.18. The second-order valence-corrected chi connectivity index (χ2v) is 6.43. The first kappa shape index (κ1) is 14.8. The molecule has 1 fully saturated rings. The standard InChI is InChI=1S/C15H24N2OS/c1-4-8-16-11(2)14-6-5-13(10-17-14)19-15-7-9-18-12(15)3/h5-6,10-12,15-16H,4,7-9H2,1-3H3. The van der Waals surface area contributed by atoms with Crippen molar-refractivity contribution in [2.24, 2.45) is 0 Å². The lowest BCUT2D eigenvalue weighted by molar-refractivity contribution is 0.127. The molecule has 0 radical (unpaired) electrons. The quantitative estimate of drug-likeness (QED) is 0.866. The summed E-state index contributed by atoms with van der Waals surface area (Å²) in [6, 6.07) is 4.64. The number of hydrogen-bond acceptors (Lipinski definition) is 4. The van der Waals surface area contributed by atoms with Gasteiger partial charge in [-0.3, -0.25) is 4.98 Å². The first-order chi connectivity index (χ1) is 9.20. The molecule has 1 aromatic rings. The van der Waals surface area contributed by atoms with E-state index in [0.29, 0.717) is 17.4 Å². The van der Waals surface area contributed by atoms with Crippen molar-refractivity contribution in [2.45, 2.75) is 55.9 Å². The van der Waals surface area contributed by atoms with Gasteiger partial charge in [0.2, 0.25) is 0 Å². The van der Waals surface area contributed by atoms with E-state index in [-0.39, 0.29) is 0 Å². The molecule has 19 heavy (non-hydrogen) atoms. The lowest BCUT2D eigenvalue weighted by Gasteiger charge is -2.15. The molecule has 1 N–H and O–H groups in total.